The highest BCUT2D eigenvalue weighted by Gasteiger charge is 2.43. The second-order valence-corrected chi connectivity index (χ2v) is 6.06. The number of nitrogens with two attached hydrogens (primary N) is 1. The first-order chi connectivity index (χ1) is 10.1. The van der Waals surface area contributed by atoms with Crippen molar-refractivity contribution in [2.75, 3.05) is 6.54 Å². The van der Waals surface area contributed by atoms with E-state index in [4.69, 9.17) is 22.1 Å². The van der Waals surface area contributed by atoms with Crippen LogP contribution in [-0.4, -0.2) is 30.7 Å². The highest BCUT2D eigenvalue weighted by molar-refractivity contribution is 6.31. The molecule has 0 radical (unpaired) electrons. The maximum absolute atomic E-state index is 13.8. The summed E-state index contributed by atoms with van der Waals surface area (Å²) in [4.78, 5) is 12.1. The van der Waals surface area contributed by atoms with Gasteiger partial charge in [-0.1, -0.05) is 17.7 Å². The van der Waals surface area contributed by atoms with E-state index in [-0.39, 0.29) is 42.2 Å². The van der Waals surface area contributed by atoms with Crippen molar-refractivity contribution < 1.29 is 13.9 Å². The largest absolute Gasteiger partial charge is 0.364 e. The summed E-state index contributed by atoms with van der Waals surface area (Å²) in [7, 11) is 0. The van der Waals surface area contributed by atoms with Gasteiger partial charge in [-0.2, -0.15) is 0 Å². The lowest BCUT2D eigenvalue weighted by Gasteiger charge is -2.13. The molecule has 1 amide bonds. The Morgan fingerprint density at radius 3 is 2.86 bits per heavy atom. The van der Waals surface area contributed by atoms with Gasteiger partial charge in [0.2, 0.25) is 5.91 Å². The minimum absolute atomic E-state index is 0. The zero-order valence-corrected chi connectivity index (χ0v) is 13.5. The van der Waals surface area contributed by atoms with Gasteiger partial charge in [0.15, 0.2) is 0 Å². The molecule has 22 heavy (non-hydrogen) atoms. The third-order valence-corrected chi connectivity index (χ3v) is 4.48. The lowest BCUT2D eigenvalue weighted by molar-refractivity contribution is -0.132. The molecule has 1 aromatic carbocycles. The van der Waals surface area contributed by atoms with Gasteiger partial charge in [0.25, 0.3) is 0 Å². The van der Waals surface area contributed by atoms with Crippen LogP contribution in [0.5, 0.6) is 0 Å². The molecule has 1 saturated heterocycles. The van der Waals surface area contributed by atoms with E-state index in [0.717, 1.165) is 6.42 Å². The minimum Gasteiger partial charge on any atom is -0.364 e. The van der Waals surface area contributed by atoms with Gasteiger partial charge >= 0.3 is 0 Å². The van der Waals surface area contributed by atoms with E-state index in [0.29, 0.717) is 30.0 Å². The monoisotopic (exact) mass is 348 g/mol. The summed E-state index contributed by atoms with van der Waals surface area (Å²) >= 11 is 6.04. The van der Waals surface area contributed by atoms with Gasteiger partial charge in [0, 0.05) is 29.1 Å². The molecule has 1 saturated carbocycles. The third-order valence-electron chi connectivity index (χ3n) is 4.15. The molecular weight excluding hydrogens is 330 g/mol. The van der Waals surface area contributed by atoms with Gasteiger partial charge < -0.3 is 15.8 Å². The van der Waals surface area contributed by atoms with E-state index < -0.39 is 6.10 Å². The van der Waals surface area contributed by atoms with Crippen molar-refractivity contribution in [3.05, 3.63) is 34.6 Å². The Labute approximate surface area is 139 Å². The summed E-state index contributed by atoms with van der Waals surface area (Å²) in [5.74, 6) is -0.496. The highest BCUT2D eigenvalue weighted by Crippen LogP contribution is 2.45. The fourth-order valence-electron chi connectivity index (χ4n) is 2.89. The number of carbonyl (C=O) groups excluding carboxylic acids is 1. The zero-order chi connectivity index (χ0) is 15.0. The van der Waals surface area contributed by atoms with E-state index in [1.165, 1.54) is 6.07 Å². The summed E-state index contributed by atoms with van der Waals surface area (Å²) in [6.45, 7) is 0.431. The molecule has 0 aromatic heterocycles. The Morgan fingerprint density at radius 2 is 2.23 bits per heavy atom. The first kappa shape index (κ1) is 17.5. The Balaban J connectivity index is 0.00000176. The van der Waals surface area contributed by atoms with E-state index in [1.807, 2.05) is 0 Å². The zero-order valence-electron chi connectivity index (χ0n) is 11.9. The number of rotatable bonds is 4. The summed E-state index contributed by atoms with van der Waals surface area (Å²) < 4.78 is 19.4. The fraction of sp³-hybridized carbons (Fsp3) is 0.533. The van der Waals surface area contributed by atoms with E-state index in [2.05, 4.69) is 5.32 Å². The lowest BCUT2D eigenvalue weighted by Crippen LogP contribution is -2.37. The maximum Gasteiger partial charge on any atom is 0.249 e. The van der Waals surface area contributed by atoms with Crippen molar-refractivity contribution in [3.63, 3.8) is 0 Å². The molecule has 3 N–H and O–H groups in total. The average molecular weight is 349 g/mol. The molecular formula is C15H19Cl2FN2O2. The van der Waals surface area contributed by atoms with Crippen LogP contribution in [0.2, 0.25) is 5.02 Å². The molecule has 4 nitrogen and oxygen atoms in total. The number of halogens is 3. The Bertz CT molecular complexity index is 538. The predicted octanol–water partition coefficient (Wildman–Crippen LogP) is 2.38. The van der Waals surface area contributed by atoms with Gasteiger partial charge in [-0.25, -0.2) is 4.39 Å². The number of hydrogen-bond donors (Lipinski definition) is 2. The van der Waals surface area contributed by atoms with Crippen molar-refractivity contribution in [2.24, 2.45) is 5.73 Å². The van der Waals surface area contributed by atoms with Crippen molar-refractivity contribution in [2.45, 2.75) is 43.4 Å². The van der Waals surface area contributed by atoms with E-state index in [1.54, 1.807) is 12.1 Å². The predicted molar refractivity (Wildman–Crippen MR) is 84.9 cm³/mol. The van der Waals surface area contributed by atoms with Crippen LogP contribution >= 0.6 is 24.0 Å². The second kappa shape index (κ2) is 7.13. The van der Waals surface area contributed by atoms with Crippen molar-refractivity contribution >= 4 is 29.9 Å². The van der Waals surface area contributed by atoms with Gasteiger partial charge in [0.1, 0.15) is 11.9 Å². The number of amides is 1. The maximum atomic E-state index is 13.8. The number of hydrogen-bond acceptors (Lipinski definition) is 3. The molecule has 2 aliphatic rings. The molecule has 1 aliphatic heterocycles. The molecule has 1 aromatic rings. The molecule has 0 spiro atoms. The second-order valence-electron chi connectivity index (χ2n) is 5.65. The summed E-state index contributed by atoms with van der Waals surface area (Å²) in [5.41, 5.74) is 6.02. The molecule has 1 aliphatic carbocycles. The summed E-state index contributed by atoms with van der Waals surface area (Å²) in [6, 6.07) is 4.58. The Hall–Kier alpha value is -0.880. The van der Waals surface area contributed by atoms with Crippen LogP contribution in [-0.2, 0) is 9.53 Å². The van der Waals surface area contributed by atoms with Crippen molar-refractivity contribution in [3.8, 4) is 0 Å². The molecule has 4 atom stereocenters. The molecule has 2 unspecified atom stereocenters. The number of benzene rings is 1. The minimum atomic E-state index is -0.434. The molecule has 1 heterocycles. The van der Waals surface area contributed by atoms with Crippen LogP contribution in [0.25, 0.3) is 0 Å². The van der Waals surface area contributed by atoms with E-state index in [9.17, 15) is 9.18 Å². The van der Waals surface area contributed by atoms with E-state index >= 15 is 0 Å². The Kier molecular flexibility index (Phi) is 5.66. The molecule has 122 valence electrons. The van der Waals surface area contributed by atoms with Gasteiger partial charge in [-0.3, -0.25) is 4.79 Å². The third kappa shape index (κ3) is 3.54. The first-order valence-electron chi connectivity index (χ1n) is 7.20. The molecule has 0 bridgehead atoms. The van der Waals surface area contributed by atoms with Crippen molar-refractivity contribution in [1.82, 2.24) is 5.32 Å². The highest BCUT2D eigenvalue weighted by atomic mass is 35.5. The molecule has 2 fully saturated rings. The lowest BCUT2D eigenvalue weighted by atomic mass is 10.1. The van der Waals surface area contributed by atoms with Gasteiger partial charge in [-0.05, 0) is 31.4 Å². The quantitative estimate of drug-likeness (QED) is 0.877. The molecule has 3 rings (SSSR count). The summed E-state index contributed by atoms with van der Waals surface area (Å²) in [5, 5.41) is 3.33. The smallest absolute Gasteiger partial charge is 0.249 e. The first-order valence-corrected chi connectivity index (χ1v) is 7.57. The van der Waals surface area contributed by atoms with Crippen LogP contribution in [0, 0.1) is 5.82 Å². The van der Waals surface area contributed by atoms with Crippen LogP contribution in [0.15, 0.2) is 18.2 Å². The number of carbonyl (C=O) groups is 1. The standard InChI is InChI=1S/C15H18ClFN2O2.ClH/c16-10-2-1-3-11(17)14(10)9-6-12(9)19-15(20)13-5-4-8(7-18)21-13;/h1-3,8-9,12-13H,4-7,18H2,(H,19,20);1H/t8-,9?,12?,13+;/m1./s1. The topological polar surface area (TPSA) is 64.4 Å². The normalized spacial score (nSPS) is 29.8. The molecule has 7 heteroatoms. The van der Waals surface area contributed by atoms with Gasteiger partial charge in [-0.15, -0.1) is 12.4 Å². The van der Waals surface area contributed by atoms with Crippen LogP contribution in [0.4, 0.5) is 4.39 Å². The van der Waals surface area contributed by atoms with Crippen LogP contribution in [0.3, 0.4) is 0 Å². The Morgan fingerprint density at radius 1 is 1.45 bits per heavy atom. The summed E-state index contributed by atoms with van der Waals surface area (Å²) in [6.07, 6.45) is 1.74. The average Bonchev–Trinajstić information content (AvgIpc) is 3.03. The van der Waals surface area contributed by atoms with Gasteiger partial charge in [0.05, 0.1) is 6.10 Å². The van der Waals surface area contributed by atoms with Crippen LogP contribution < -0.4 is 11.1 Å². The fourth-order valence-corrected chi connectivity index (χ4v) is 3.19. The number of nitrogens with one attached hydrogen (secondary N) is 1. The van der Waals surface area contributed by atoms with Crippen LogP contribution in [0.1, 0.15) is 30.7 Å². The SMILES string of the molecule is Cl.NC[C@H]1CC[C@@H](C(=O)NC2CC2c2c(F)cccc2Cl)O1. The van der Waals surface area contributed by atoms with Crippen molar-refractivity contribution in [1.29, 1.82) is 0 Å². The number of ether oxygens (including phenoxy) is 1.